The standard InChI is InChI=1S/C11H12N4O3S/c1-18-11-10(6-7-13-14-11)15-19(16,17)9-4-2-8(12)3-5-9/h2-7H,12H2,1H3,(H,13,15). The van der Waals surface area contributed by atoms with Gasteiger partial charge in [0.05, 0.1) is 18.2 Å². The molecule has 0 unspecified atom stereocenters. The molecule has 100 valence electrons. The van der Waals surface area contributed by atoms with Gasteiger partial charge in [-0.25, -0.2) is 8.42 Å². The van der Waals surface area contributed by atoms with Crippen LogP contribution >= 0.6 is 0 Å². The summed E-state index contributed by atoms with van der Waals surface area (Å²) >= 11 is 0. The van der Waals surface area contributed by atoms with Gasteiger partial charge in [0.25, 0.3) is 15.9 Å². The number of nitrogens with zero attached hydrogens (tertiary/aromatic N) is 2. The number of benzene rings is 1. The highest BCUT2D eigenvalue weighted by Gasteiger charge is 2.16. The van der Waals surface area contributed by atoms with Crippen molar-refractivity contribution in [3.63, 3.8) is 0 Å². The predicted molar refractivity (Wildman–Crippen MR) is 70.2 cm³/mol. The highest BCUT2D eigenvalue weighted by atomic mass is 32.2. The minimum Gasteiger partial charge on any atom is -0.478 e. The summed E-state index contributed by atoms with van der Waals surface area (Å²) < 4.78 is 31.6. The maximum absolute atomic E-state index is 12.1. The molecule has 1 aromatic heterocycles. The summed E-state index contributed by atoms with van der Waals surface area (Å²) in [5.41, 5.74) is 6.22. The Kier molecular flexibility index (Phi) is 3.52. The quantitative estimate of drug-likeness (QED) is 0.805. The van der Waals surface area contributed by atoms with Gasteiger partial charge < -0.3 is 10.5 Å². The van der Waals surface area contributed by atoms with Gasteiger partial charge in [-0.2, -0.15) is 5.10 Å². The Morgan fingerprint density at radius 2 is 1.89 bits per heavy atom. The Morgan fingerprint density at radius 1 is 1.21 bits per heavy atom. The van der Waals surface area contributed by atoms with Crippen molar-refractivity contribution in [3.05, 3.63) is 36.5 Å². The summed E-state index contributed by atoms with van der Waals surface area (Å²) in [5.74, 6) is 0.0986. The molecule has 0 aliphatic carbocycles. The molecule has 0 amide bonds. The molecule has 0 aliphatic rings. The van der Waals surface area contributed by atoms with Gasteiger partial charge in [0.2, 0.25) is 0 Å². The van der Waals surface area contributed by atoms with Crippen molar-refractivity contribution in [2.75, 3.05) is 17.6 Å². The average Bonchev–Trinajstić information content (AvgIpc) is 2.39. The van der Waals surface area contributed by atoms with Crippen LogP contribution in [0.2, 0.25) is 0 Å². The largest absolute Gasteiger partial charge is 0.478 e. The van der Waals surface area contributed by atoms with Crippen LogP contribution in [-0.2, 0) is 10.0 Å². The molecule has 0 aliphatic heterocycles. The summed E-state index contributed by atoms with van der Waals surface area (Å²) in [6.07, 6.45) is 1.36. The van der Waals surface area contributed by atoms with Gasteiger partial charge in [0, 0.05) is 5.69 Å². The van der Waals surface area contributed by atoms with Gasteiger partial charge in [-0.15, -0.1) is 5.10 Å². The molecule has 19 heavy (non-hydrogen) atoms. The molecular formula is C11H12N4O3S. The summed E-state index contributed by atoms with van der Waals surface area (Å²) in [6, 6.07) is 7.31. The van der Waals surface area contributed by atoms with E-state index >= 15 is 0 Å². The van der Waals surface area contributed by atoms with E-state index in [0.29, 0.717) is 5.69 Å². The minimum atomic E-state index is -3.72. The lowest BCUT2D eigenvalue weighted by Gasteiger charge is -2.10. The number of ether oxygens (including phenoxy) is 1. The lowest BCUT2D eigenvalue weighted by atomic mass is 10.3. The van der Waals surface area contributed by atoms with E-state index in [4.69, 9.17) is 10.5 Å². The summed E-state index contributed by atoms with van der Waals surface area (Å²) in [7, 11) is -2.34. The van der Waals surface area contributed by atoms with Crippen molar-refractivity contribution in [2.45, 2.75) is 4.90 Å². The second kappa shape index (κ2) is 5.11. The number of sulfonamides is 1. The van der Waals surface area contributed by atoms with E-state index in [0.717, 1.165) is 0 Å². The van der Waals surface area contributed by atoms with Gasteiger partial charge in [0.1, 0.15) is 5.69 Å². The Bertz CT molecular complexity index is 671. The topological polar surface area (TPSA) is 107 Å². The van der Waals surface area contributed by atoms with Crippen molar-refractivity contribution in [2.24, 2.45) is 0 Å². The number of hydrogen-bond donors (Lipinski definition) is 2. The molecule has 1 heterocycles. The molecule has 7 nitrogen and oxygen atoms in total. The fourth-order valence-electron chi connectivity index (χ4n) is 1.40. The molecule has 0 saturated carbocycles. The Labute approximate surface area is 110 Å². The molecule has 0 fully saturated rings. The third-order valence-corrected chi connectivity index (χ3v) is 3.70. The second-order valence-corrected chi connectivity index (χ2v) is 5.31. The van der Waals surface area contributed by atoms with Crippen LogP contribution in [-0.4, -0.2) is 25.7 Å². The predicted octanol–water partition coefficient (Wildman–Crippen LogP) is 0.868. The van der Waals surface area contributed by atoms with E-state index in [9.17, 15) is 8.42 Å². The van der Waals surface area contributed by atoms with Gasteiger partial charge in [-0.05, 0) is 30.3 Å². The molecule has 1 aromatic carbocycles. The molecule has 2 rings (SSSR count). The van der Waals surface area contributed by atoms with E-state index in [1.54, 1.807) is 0 Å². The van der Waals surface area contributed by atoms with Crippen LogP contribution in [0.25, 0.3) is 0 Å². The third kappa shape index (κ3) is 2.91. The van der Waals surface area contributed by atoms with Crippen LogP contribution in [0.15, 0.2) is 41.4 Å². The number of nitrogens with one attached hydrogen (secondary N) is 1. The zero-order chi connectivity index (χ0) is 13.9. The second-order valence-electron chi connectivity index (χ2n) is 3.63. The monoisotopic (exact) mass is 280 g/mol. The number of methoxy groups -OCH3 is 1. The lowest BCUT2D eigenvalue weighted by Crippen LogP contribution is -2.14. The molecule has 0 saturated heterocycles. The minimum absolute atomic E-state index is 0.0977. The van der Waals surface area contributed by atoms with Gasteiger partial charge >= 0.3 is 0 Å². The van der Waals surface area contributed by atoms with E-state index in [1.807, 2.05) is 0 Å². The number of hydrogen-bond acceptors (Lipinski definition) is 6. The van der Waals surface area contributed by atoms with Crippen molar-refractivity contribution in [1.29, 1.82) is 0 Å². The van der Waals surface area contributed by atoms with Crippen molar-refractivity contribution >= 4 is 21.4 Å². The van der Waals surface area contributed by atoms with Crippen molar-refractivity contribution in [3.8, 4) is 5.88 Å². The zero-order valence-corrected chi connectivity index (χ0v) is 10.9. The number of rotatable bonds is 4. The van der Waals surface area contributed by atoms with Crippen LogP contribution < -0.4 is 15.2 Å². The number of nitrogen functional groups attached to an aromatic ring is 1. The molecule has 0 spiro atoms. The first-order valence-corrected chi connectivity index (χ1v) is 6.75. The first-order valence-electron chi connectivity index (χ1n) is 5.27. The van der Waals surface area contributed by atoms with Gasteiger partial charge in [-0.3, -0.25) is 4.72 Å². The third-order valence-electron chi connectivity index (χ3n) is 2.31. The summed E-state index contributed by atoms with van der Waals surface area (Å²) in [4.78, 5) is 0.0977. The van der Waals surface area contributed by atoms with E-state index in [2.05, 4.69) is 14.9 Å². The molecule has 8 heteroatoms. The maximum atomic E-state index is 12.1. The average molecular weight is 280 g/mol. The first-order chi connectivity index (χ1) is 9.03. The first kappa shape index (κ1) is 13.1. The SMILES string of the molecule is COc1nnccc1NS(=O)(=O)c1ccc(N)cc1. The van der Waals surface area contributed by atoms with Crippen molar-refractivity contribution < 1.29 is 13.2 Å². The lowest BCUT2D eigenvalue weighted by molar-refractivity contribution is 0.394. The Morgan fingerprint density at radius 3 is 2.53 bits per heavy atom. The Hall–Kier alpha value is -2.35. The van der Waals surface area contributed by atoms with Crippen molar-refractivity contribution in [1.82, 2.24) is 10.2 Å². The number of anilines is 2. The van der Waals surface area contributed by atoms with E-state index in [1.165, 1.54) is 43.6 Å². The molecule has 2 aromatic rings. The van der Waals surface area contributed by atoms with Crippen LogP contribution in [0, 0.1) is 0 Å². The van der Waals surface area contributed by atoms with E-state index in [-0.39, 0.29) is 16.5 Å². The zero-order valence-electron chi connectivity index (χ0n) is 10.1. The van der Waals surface area contributed by atoms with Gasteiger partial charge in [-0.1, -0.05) is 0 Å². The number of nitrogens with two attached hydrogens (primary N) is 1. The highest BCUT2D eigenvalue weighted by Crippen LogP contribution is 2.23. The summed E-state index contributed by atoms with van der Waals surface area (Å²) in [5, 5.41) is 7.27. The van der Waals surface area contributed by atoms with Gasteiger partial charge in [0.15, 0.2) is 0 Å². The van der Waals surface area contributed by atoms with Crippen LogP contribution in [0.3, 0.4) is 0 Å². The molecule has 0 atom stereocenters. The smallest absolute Gasteiger partial charge is 0.262 e. The highest BCUT2D eigenvalue weighted by molar-refractivity contribution is 7.92. The fraction of sp³-hybridized carbons (Fsp3) is 0.0909. The van der Waals surface area contributed by atoms with E-state index < -0.39 is 10.0 Å². The van der Waals surface area contributed by atoms with Crippen LogP contribution in [0.1, 0.15) is 0 Å². The van der Waals surface area contributed by atoms with Crippen LogP contribution in [0.5, 0.6) is 5.88 Å². The molecular weight excluding hydrogens is 268 g/mol. The fourth-order valence-corrected chi connectivity index (χ4v) is 2.46. The van der Waals surface area contributed by atoms with Crippen LogP contribution in [0.4, 0.5) is 11.4 Å². The summed E-state index contributed by atoms with van der Waals surface area (Å²) in [6.45, 7) is 0. The molecule has 3 N–H and O–H groups in total. The maximum Gasteiger partial charge on any atom is 0.262 e. The molecule has 0 radical (unpaired) electrons. The molecule has 0 bridgehead atoms. The normalized spacial score (nSPS) is 11.0. The Balaban J connectivity index is 2.34. The number of aromatic nitrogens is 2.